The van der Waals surface area contributed by atoms with Crippen LogP contribution in [0.1, 0.15) is 29.0 Å². The molecule has 0 spiro atoms. The van der Waals surface area contributed by atoms with E-state index >= 15 is 0 Å². The fraction of sp³-hybridized carbons (Fsp3) is 0.333. The van der Waals surface area contributed by atoms with Gasteiger partial charge in [-0.25, -0.2) is 4.79 Å². The molecule has 1 aliphatic heterocycles. The summed E-state index contributed by atoms with van der Waals surface area (Å²) in [5, 5.41) is 11.0. The van der Waals surface area contributed by atoms with E-state index in [0.717, 1.165) is 25.9 Å². The number of hydrogen-bond donors (Lipinski definition) is 2. The Labute approximate surface area is 148 Å². The molecule has 4 N–H and O–H groups in total. The van der Waals surface area contributed by atoms with E-state index in [0.29, 0.717) is 5.69 Å². The molecule has 2 aromatic rings. The van der Waals surface area contributed by atoms with Crippen molar-refractivity contribution in [1.82, 2.24) is 15.0 Å². The zero-order valence-corrected chi connectivity index (χ0v) is 13.8. The average Bonchev–Trinajstić information content (AvgIpc) is 3.12. The molecule has 0 amide bonds. The van der Waals surface area contributed by atoms with Crippen molar-refractivity contribution in [3.05, 3.63) is 39.7 Å². The first-order chi connectivity index (χ1) is 12.4. The Morgan fingerprint density at radius 1 is 1.19 bits per heavy atom. The first kappa shape index (κ1) is 17.3. The predicted octanol–water partition coefficient (Wildman–Crippen LogP) is 0.901. The summed E-state index contributed by atoms with van der Waals surface area (Å²) in [5.74, 6) is -0.794. The van der Waals surface area contributed by atoms with E-state index in [2.05, 4.69) is 15.0 Å². The van der Waals surface area contributed by atoms with Crippen LogP contribution in [0.2, 0.25) is 0 Å². The van der Waals surface area contributed by atoms with Crippen molar-refractivity contribution in [2.75, 3.05) is 29.5 Å². The molecule has 0 bridgehead atoms. The SMILES string of the molecule is Nc1nc(N)nc(COC(=O)c2cc([N+](=O)[O-])ccc2N2CCCC2)n1. The van der Waals surface area contributed by atoms with Crippen molar-refractivity contribution >= 4 is 29.2 Å². The lowest BCUT2D eigenvalue weighted by Gasteiger charge is -2.20. The van der Waals surface area contributed by atoms with Crippen LogP contribution in [0.5, 0.6) is 0 Å². The molecule has 26 heavy (non-hydrogen) atoms. The first-order valence-electron chi connectivity index (χ1n) is 7.90. The normalized spacial score (nSPS) is 13.6. The molecule has 11 nitrogen and oxygen atoms in total. The second kappa shape index (κ2) is 7.17. The largest absolute Gasteiger partial charge is 0.454 e. The molecule has 1 aliphatic rings. The fourth-order valence-corrected chi connectivity index (χ4v) is 2.76. The molecule has 0 unspecified atom stereocenters. The number of rotatable bonds is 5. The van der Waals surface area contributed by atoms with E-state index in [1.807, 2.05) is 4.90 Å². The van der Waals surface area contributed by atoms with Crippen LogP contribution in [0, 0.1) is 10.1 Å². The summed E-state index contributed by atoms with van der Waals surface area (Å²) in [6, 6.07) is 4.16. The Balaban J connectivity index is 1.84. The number of aromatic nitrogens is 3. The van der Waals surface area contributed by atoms with E-state index in [4.69, 9.17) is 16.2 Å². The summed E-state index contributed by atoms with van der Waals surface area (Å²) in [6.07, 6.45) is 1.99. The molecule has 0 radical (unpaired) electrons. The number of non-ortho nitro benzene ring substituents is 1. The number of nitrogens with zero attached hydrogens (tertiary/aromatic N) is 5. The number of anilines is 3. The van der Waals surface area contributed by atoms with Gasteiger partial charge >= 0.3 is 5.97 Å². The highest BCUT2D eigenvalue weighted by Gasteiger charge is 2.23. The molecule has 11 heteroatoms. The zero-order chi connectivity index (χ0) is 18.7. The molecule has 136 valence electrons. The summed E-state index contributed by atoms with van der Waals surface area (Å²) in [5.41, 5.74) is 11.5. The van der Waals surface area contributed by atoms with Crippen LogP contribution in [0.15, 0.2) is 18.2 Å². The Bertz CT molecular complexity index is 832. The van der Waals surface area contributed by atoms with Gasteiger partial charge < -0.3 is 21.1 Å². The Hall–Kier alpha value is -3.50. The molecular formula is C15H17N7O4. The molecule has 0 atom stereocenters. The number of esters is 1. The maximum atomic E-state index is 12.5. The number of nitro groups is 1. The highest BCUT2D eigenvalue weighted by atomic mass is 16.6. The third-order valence-electron chi connectivity index (χ3n) is 3.91. The van der Waals surface area contributed by atoms with Gasteiger partial charge in [-0.05, 0) is 18.9 Å². The second-order valence-corrected chi connectivity index (χ2v) is 5.70. The summed E-state index contributed by atoms with van der Waals surface area (Å²) in [6.45, 7) is 1.27. The van der Waals surface area contributed by atoms with Crippen LogP contribution in [-0.2, 0) is 11.3 Å². The zero-order valence-electron chi connectivity index (χ0n) is 13.8. The number of benzene rings is 1. The van der Waals surface area contributed by atoms with Crippen LogP contribution in [-0.4, -0.2) is 38.9 Å². The summed E-state index contributed by atoms with van der Waals surface area (Å²) >= 11 is 0. The number of nitrogen functional groups attached to an aromatic ring is 2. The molecular weight excluding hydrogens is 342 g/mol. The number of carbonyl (C=O) groups is 1. The van der Waals surface area contributed by atoms with Gasteiger partial charge in [-0.1, -0.05) is 0 Å². The van der Waals surface area contributed by atoms with Crippen molar-refractivity contribution in [2.24, 2.45) is 0 Å². The number of nitrogens with two attached hydrogens (primary N) is 2. The third kappa shape index (κ3) is 3.77. The monoisotopic (exact) mass is 359 g/mol. The number of nitro benzene ring substituents is 1. The van der Waals surface area contributed by atoms with Gasteiger partial charge in [0, 0.05) is 25.2 Å². The topological polar surface area (TPSA) is 163 Å². The Kier molecular flexibility index (Phi) is 4.78. The third-order valence-corrected chi connectivity index (χ3v) is 3.91. The standard InChI is InChI=1S/C15H17N7O4/c16-14-18-12(19-15(17)20-14)8-26-13(23)10-7-9(22(24)25)3-4-11(10)21-5-1-2-6-21/h3-4,7H,1-2,5-6,8H2,(H4,16,17,18,19,20). The van der Waals surface area contributed by atoms with Gasteiger partial charge in [-0.3, -0.25) is 10.1 Å². The highest BCUT2D eigenvalue weighted by molar-refractivity contribution is 5.96. The van der Waals surface area contributed by atoms with E-state index < -0.39 is 10.9 Å². The van der Waals surface area contributed by atoms with Crippen LogP contribution in [0.4, 0.5) is 23.3 Å². The van der Waals surface area contributed by atoms with Gasteiger partial charge in [0.05, 0.1) is 16.2 Å². The van der Waals surface area contributed by atoms with Crippen LogP contribution >= 0.6 is 0 Å². The molecule has 0 saturated carbocycles. The minimum Gasteiger partial charge on any atom is -0.454 e. The lowest BCUT2D eigenvalue weighted by atomic mass is 10.1. The second-order valence-electron chi connectivity index (χ2n) is 5.70. The van der Waals surface area contributed by atoms with Crippen LogP contribution < -0.4 is 16.4 Å². The van der Waals surface area contributed by atoms with Crippen LogP contribution in [0.3, 0.4) is 0 Å². The van der Waals surface area contributed by atoms with Gasteiger partial charge in [0.25, 0.3) is 5.69 Å². The lowest BCUT2D eigenvalue weighted by molar-refractivity contribution is -0.384. The van der Waals surface area contributed by atoms with E-state index in [1.165, 1.54) is 12.1 Å². The van der Waals surface area contributed by atoms with Gasteiger partial charge in [-0.15, -0.1) is 0 Å². The van der Waals surface area contributed by atoms with E-state index in [9.17, 15) is 14.9 Å². The maximum Gasteiger partial charge on any atom is 0.340 e. The molecule has 3 rings (SSSR count). The minimum absolute atomic E-state index is 0.0864. The van der Waals surface area contributed by atoms with Crippen molar-refractivity contribution in [2.45, 2.75) is 19.4 Å². The first-order valence-corrected chi connectivity index (χ1v) is 7.90. The van der Waals surface area contributed by atoms with Crippen molar-refractivity contribution in [3.8, 4) is 0 Å². The highest BCUT2D eigenvalue weighted by Crippen LogP contribution is 2.29. The van der Waals surface area contributed by atoms with Crippen molar-refractivity contribution in [3.63, 3.8) is 0 Å². The Morgan fingerprint density at radius 2 is 1.85 bits per heavy atom. The Morgan fingerprint density at radius 3 is 2.46 bits per heavy atom. The van der Waals surface area contributed by atoms with Crippen LogP contribution in [0.25, 0.3) is 0 Å². The molecule has 1 saturated heterocycles. The molecule has 0 aliphatic carbocycles. The van der Waals surface area contributed by atoms with Gasteiger partial charge in [0.15, 0.2) is 12.4 Å². The average molecular weight is 359 g/mol. The molecule has 2 heterocycles. The smallest absolute Gasteiger partial charge is 0.340 e. The quantitative estimate of drug-likeness (QED) is 0.445. The van der Waals surface area contributed by atoms with E-state index in [1.54, 1.807) is 6.07 Å². The summed E-state index contributed by atoms with van der Waals surface area (Å²) in [4.78, 5) is 36.3. The van der Waals surface area contributed by atoms with Gasteiger partial charge in [0.1, 0.15) is 0 Å². The summed E-state index contributed by atoms with van der Waals surface area (Å²) < 4.78 is 5.21. The lowest BCUT2D eigenvalue weighted by Crippen LogP contribution is -2.21. The van der Waals surface area contributed by atoms with Gasteiger partial charge in [0.2, 0.25) is 11.9 Å². The fourth-order valence-electron chi connectivity index (χ4n) is 2.76. The molecule has 1 fully saturated rings. The number of hydrogen-bond acceptors (Lipinski definition) is 10. The maximum absolute atomic E-state index is 12.5. The number of carbonyl (C=O) groups excluding carboxylic acids is 1. The van der Waals surface area contributed by atoms with Gasteiger partial charge in [-0.2, -0.15) is 15.0 Å². The van der Waals surface area contributed by atoms with Crippen molar-refractivity contribution in [1.29, 1.82) is 0 Å². The minimum atomic E-state index is -0.715. The van der Waals surface area contributed by atoms with Crippen molar-refractivity contribution < 1.29 is 14.5 Å². The molecule has 1 aromatic carbocycles. The predicted molar refractivity (Wildman–Crippen MR) is 92.3 cm³/mol. The molecule has 1 aromatic heterocycles. The van der Waals surface area contributed by atoms with E-state index in [-0.39, 0.29) is 35.6 Å². The number of ether oxygens (including phenoxy) is 1. The summed E-state index contributed by atoms with van der Waals surface area (Å²) in [7, 11) is 0.